The molecule has 0 bridgehead atoms. The van der Waals surface area contributed by atoms with Gasteiger partial charge < -0.3 is 5.32 Å². The first-order valence-corrected chi connectivity index (χ1v) is 7.60. The summed E-state index contributed by atoms with van der Waals surface area (Å²) in [5.74, 6) is 0.0310. The zero-order valence-corrected chi connectivity index (χ0v) is 12.6. The molecule has 0 aromatic heterocycles. The van der Waals surface area contributed by atoms with Crippen LogP contribution in [0, 0.1) is 13.8 Å². The van der Waals surface area contributed by atoms with Gasteiger partial charge in [0.2, 0.25) is 0 Å². The number of benzene rings is 2. The average Bonchev–Trinajstić information content (AvgIpc) is 2.46. The summed E-state index contributed by atoms with van der Waals surface area (Å²) >= 11 is 0. The smallest absolute Gasteiger partial charge is 0.251 e. The highest BCUT2D eigenvalue weighted by atomic mass is 16.1. The van der Waals surface area contributed by atoms with Crippen molar-refractivity contribution >= 4 is 5.91 Å². The van der Waals surface area contributed by atoms with Crippen LogP contribution < -0.4 is 5.32 Å². The van der Waals surface area contributed by atoms with Gasteiger partial charge in [-0.25, -0.2) is 0 Å². The van der Waals surface area contributed by atoms with Crippen molar-refractivity contribution < 1.29 is 4.79 Å². The van der Waals surface area contributed by atoms with E-state index in [-0.39, 0.29) is 11.9 Å². The Labute approximate surface area is 126 Å². The molecule has 3 rings (SSSR count). The number of amides is 1. The number of carbonyl (C=O) groups excluding carboxylic acids is 1. The van der Waals surface area contributed by atoms with E-state index in [0.29, 0.717) is 0 Å². The van der Waals surface area contributed by atoms with Gasteiger partial charge in [0.05, 0.1) is 6.04 Å². The Balaban J connectivity index is 1.82. The van der Waals surface area contributed by atoms with Crippen molar-refractivity contribution in [1.82, 2.24) is 5.32 Å². The monoisotopic (exact) mass is 279 g/mol. The molecule has 0 radical (unpaired) electrons. The van der Waals surface area contributed by atoms with Crippen LogP contribution in [0.5, 0.6) is 0 Å². The van der Waals surface area contributed by atoms with Gasteiger partial charge in [-0.2, -0.15) is 0 Å². The van der Waals surface area contributed by atoms with Crippen LogP contribution in [-0.2, 0) is 6.42 Å². The van der Waals surface area contributed by atoms with E-state index in [1.54, 1.807) is 0 Å². The third-order valence-corrected chi connectivity index (χ3v) is 4.16. The predicted octanol–water partition coefficient (Wildman–Crippen LogP) is 4.11. The van der Waals surface area contributed by atoms with Crippen LogP contribution in [0.1, 0.15) is 51.5 Å². The van der Waals surface area contributed by atoms with E-state index in [4.69, 9.17) is 0 Å². The SMILES string of the molecule is Cc1cc(C)cc(C(=O)N[C@@H]2CCCc3ccccc32)c1. The Morgan fingerprint density at radius 1 is 1.10 bits per heavy atom. The molecule has 1 amide bonds. The molecule has 1 N–H and O–H groups in total. The topological polar surface area (TPSA) is 29.1 Å². The molecular formula is C19H21NO. The molecule has 2 heteroatoms. The van der Waals surface area contributed by atoms with Gasteiger partial charge in [-0.1, -0.05) is 41.5 Å². The normalized spacial score (nSPS) is 17.1. The minimum Gasteiger partial charge on any atom is -0.345 e. The van der Waals surface area contributed by atoms with E-state index in [0.717, 1.165) is 36.0 Å². The molecule has 0 saturated carbocycles. The van der Waals surface area contributed by atoms with Crippen molar-refractivity contribution in [2.24, 2.45) is 0 Å². The molecule has 2 nitrogen and oxygen atoms in total. The number of carbonyl (C=O) groups is 1. The van der Waals surface area contributed by atoms with Gasteiger partial charge in [0, 0.05) is 5.56 Å². The van der Waals surface area contributed by atoms with Crippen LogP contribution in [0.4, 0.5) is 0 Å². The first-order chi connectivity index (χ1) is 10.1. The second-order valence-electron chi connectivity index (χ2n) is 5.99. The van der Waals surface area contributed by atoms with Gasteiger partial charge in [-0.15, -0.1) is 0 Å². The molecular weight excluding hydrogens is 258 g/mol. The molecule has 0 fully saturated rings. The van der Waals surface area contributed by atoms with Crippen molar-refractivity contribution in [3.63, 3.8) is 0 Å². The number of nitrogens with one attached hydrogen (secondary N) is 1. The molecule has 1 aliphatic rings. The minimum absolute atomic E-state index is 0.0310. The maximum absolute atomic E-state index is 12.5. The number of rotatable bonds is 2. The molecule has 2 aromatic rings. The summed E-state index contributed by atoms with van der Waals surface area (Å²) in [7, 11) is 0. The van der Waals surface area contributed by atoms with Gasteiger partial charge in [-0.3, -0.25) is 4.79 Å². The van der Waals surface area contributed by atoms with E-state index in [1.165, 1.54) is 11.1 Å². The van der Waals surface area contributed by atoms with Crippen molar-refractivity contribution in [2.45, 2.75) is 39.2 Å². The first-order valence-electron chi connectivity index (χ1n) is 7.60. The van der Waals surface area contributed by atoms with E-state index in [9.17, 15) is 4.79 Å². The standard InChI is InChI=1S/C19H21NO/c1-13-10-14(2)12-16(11-13)19(21)20-18-9-5-7-15-6-3-4-8-17(15)18/h3-4,6,8,10-12,18H,5,7,9H2,1-2H3,(H,20,21)/t18-/m1/s1. The second kappa shape index (κ2) is 5.72. The van der Waals surface area contributed by atoms with Gasteiger partial charge in [-0.05, 0) is 56.4 Å². The molecule has 1 aliphatic carbocycles. The lowest BCUT2D eigenvalue weighted by Crippen LogP contribution is -2.31. The molecule has 108 valence electrons. The van der Waals surface area contributed by atoms with E-state index < -0.39 is 0 Å². The molecule has 0 saturated heterocycles. The highest BCUT2D eigenvalue weighted by molar-refractivity contribution is 5.94. The van der Waals surface area contributed by atoms with E-state index in [2.05, 4.69) is 35.6 Å². The van der Waals surface area contributed by atoms with E-state index >= 15 is 0 Å². The lowest BCUT2D eigenvalue weighted by molar-refractivity contribution is 0.0932. The average molecular weight is 279 g/mol. The van der Waals surface area contributed by atoms with Crippen LogP contribution >= 0.6 is 0 Å². The Morgan fingerprint density at radius 2 is 1.81 bits per heavy atom. The zero-order valence-electron chi connectivity index (χ0n) is 12.6. The Bertz CT molecular complexity index is 655. The molecule has 0 heterocycles. The number of hydrogen-bond donors (Lipinski definition) is 1. The summed E-state index contributed by atoms with van der Waals surface area (Å²) < 4.78 is 0. The highest BCUT2D eigenvalue weighted by Gasteiger charge is 2.21. The third-order valence-electron chi connectivity index (χ3n) is 4.16. The summed E-state index contributed by atoms with van der Waals surface area (Å²) in [6, 6.07) is 14.6. The molecule has 0 spiro atoms. The van der Waals surface area contributed by atoms with E-state index in [1.807, 2.05) is 26.0 Å². The van der Waals surface area contributed by atoms with Gasteiger partial charge in [0.15, 0.2) is 0 Å². The van der Waals surface area contributed by atoms with Crippen molar-refractivity contribution in [3.8, 4) is 0 Å². The molecule has 21 heavy (non-hydrogen) atoms. The zero-order chi connectivity index (χ0) is 14.8. The number of fused-ring (bicyclic) bond motifs is 1. The number of aryl methyl sites for hydroxylation is 3. The largest absolute Gasteiger partial charge is 0.345 e. The van der Waals surface area contributed by atoms with Crippen LogP contribution in [0.15, 0.2) is 42.5 Å². The fraction of sp³-hybridized carbons (Fsp3) is 0.316. The fourth-order valence-corrected chi connectivity index (χ4v) is 3.25. The Morgan fingerprint density at radius 3 is 2.57 bits per heavy atom. The van der Waals surface area contributed by atoms with Crippen molar-refractivity contribution in [1.29, 1.82) is 0 Å². The maximum Gasteiger partial charge on any atom is 0.251 e. The predicted molar refractivity (Wildman–Crippen MR) is 85.5 cm³/mol. The van der Waals surface area contributed by atoms with Gasteiger partial charge in [0.1, 0.15) is 0 Å². The lowest BCUT2D eigenvalue weighted by Gasteiger charge is -2.26. The first kappa shape index (κ1) is 13.9. The second-order valence-corrected chi connectivity index (χ2v) is 5.99. The molecule has 1 atom stereocenters. The van der Waals surface area contributed by atoms with Crippen LogP contribution in [0.2, 0.25) is 0 Å². The highest BCUT2D eigenvalue weighted by Crippen LogP contribution is 2.29. The summed E-state index contributed by atoms with van der Waals surface area (Å²) in [5, 5.41) is 3.21. The molecule has 0 aliphatic heterocycles. The van der Waals surface area contributed by atoms with Crippen LogP contribution in [0.25, 0.3) is 0 Å². The maximum atomic E-state index is 12.5. The Kier molecular flexibility index (Phi) is 3.78. The van der Waals surface area contributed by atoms with Gasteiger partial charge in [0.25, 0.3) is 5.91 Å². The Hall–Kier alpha value is -2.09. The quantitative estimate of drug-likeness (QED) is 0.880. The van der Waals surface area contributed by atoms with Crippen LogP contribution in [-0.4, -0.2) is 5.91 Å². The summed E-state index contributed by atoms with van der Waals surface area (Å²) in [6.07, 6.45) is 3.27. The van der Waals surface area contributed by atoms with Gasteiger partial charge >= 0.3 is 0 Å². The van der Waals surface area contributed by atoms with Crippen LogP contribution in [0.3, 0.4) is 0 Å². The molecule has 2 aromatic carbocycles. The summed E-state index contributed by atoms with van der Waals surface area (Å²) in [5.41, 5.74) is 5.67. The minimum atomic E-state index is 0.0310. The van der Waals surface area contributed by atoms with Crippen molar-refractivity contribution in [2.75, 3.05) is 0 Å². The number of hydrogen-bond acceptors (Lipinski definition) is 1. The third kappa shape index (κ3) is 2.99. The summed E-state index contributed by atoms with van der Waals surface area (Å²) in [4.78, 5) is 12.5. The fourth-order valence-electron chi connectivity index (χ4n) is 3.25. The summed E-state index contributed by atoms with van der Waals surface area (Å²) in [6.45, 7) is 4.05. The molecule has 0 unspecified atom stereocenters. The van der Waals surface area contributed by atoms with Crippen molar-refractivity contribution in [3.05, 3.63) is 70.3 Å². The lowest BCUT2D eigenvalue weighted by atomic mass is 9.87.